The Bertz CT molecular complexity index is 1240. The van der Waals surface area contributed by atoms with Crippen LogP contribution in [0.3, 0.4) is 0 Å². The van der Waals surface area contributed by atoms with Gasteiger partial charge in [-0.1, -0.05) is 24.3 Å². The largest absolute Gasteiger partial charge is 0.465 e. The molecule has 0 saturated heterocycles. The summed E-state index contributed by atoms with van der Waals surface area (Å²) in [5, 5.41) is 14.8. The second-order valence-electron chi connectivity index (χ2n) is 5.92. The van der Waals surface area contributed by atoms with E-state index < -0.39 is 10.9 Å². The number of carbonyl (C=O) groups is 1. The van der Waals surface area contributed by atoms with Crippen molar-refractivity contribution in [1.29, 1.82) is 0 Å². The van der Waals surface area contributed by atoms with Crippen molar-refractivity contribution < 1.29 is 14.5 Å². The molecule has 10 heteroatoms. The fourth-order valence-electron chi connectivity index (χ4n) is 2.94. The lowest BCUT2D eigenvalue weighted by Gasteiger charge is -2.12. The van der Waals surface area contributed by atoms with Crippen LogP contribution in [-0.4, -0.2) is 37.5 Å². The zero-order chi connectivity index (χ0) is 20.4. The predicted octanol–water partition coefficient (Wildman–Crippen LogP) is 3.25. The molecule has 2 aromatic heterocycles. The van der Waals surface area contributed by atoms with E-state index in [2.05, 4.69) is 20.3 Å². The molecule has 0 amide bonds. The maximum Gasteiger partial charge on any atom is 0.354 e. The van der Waals surface area contributed by atoms with Crippen molar-refractivity contribution in [3.63, 3.8) is 0 Å². The summed E-state index contributed by atoms with van der Waals surface area (Å²) in [5.74, 6) is -0.587. The molecule has 4 aromatic rings. The van der Waals surface area contributed by atoms with E-state index in [1.165, 1.54) is 24.3 Å². The van der Waals surface area contributed by atoms with Gasteiger partial charge in [0.2, 0.25) is 11.6 Å². The van der Waals surface area contributed by atoms with E-state index in [1.54, 1.807) is 42.5 Å². The number of ether oxygens (including phenoxy) is 1. The third kappa shape index (κ3) is 3.23. The highest BCUT2D eigenvalue weighted by molar-refractivity contribution is 5.96. The number of carbonyl (C=O) groups excluding carboxylic acids is 1. The number of anilines is 2. The fraction of sp³-hybridized carbons (Fsp3) is 0.0526. The molecule has 0 unspecified atom stereocenters. The Labute approximate surface area is 164 Å². The Morgan fingerprint density at radius 1 is 1.10 bits per heavy atom. The van der Waals surface area contributed by atoms with Crippen molar-refractivity contribution in [3.05, 3.63) is 76.9 Å². The van der Waals surface area contributed by atoms with Gasteiger partial charge in [-0.15, -0.1) is 0 Å². The van der Waals surface area contributed by atoms with Gasteiger partial charge in [-0.3, -0.25) is 14.7 Å². The second kappa shape index (κ2) is 7.35. The number of para-hydroxylation sites is 3. The zero-order valence-electron chi connectivity index (χ0n) is 15.1. The molecule has 10 nitrogen and oxygen atoms in total. The van der Waals surface area contributed by atoms with Gasteiger partial charge >= 0.3 is 11.7 Å². The number of rotatable bonds is 5. The van der Waals surface area contributed by atoms with Crippen molar-refractivity contribution in [3.8, 4) is 5.82 Å². The third-order valence-electron chi connectivity index (χ3n) is 4.25. The molecule has 144 valence electrons. The van der Waals surface area contributed by atoms with Crippen molar-refractivity contribution in [2.75, 3.05) is 12.4 Å². The van der Waals surface area contributed by atoms with Crippen LogP contribution in [0, 0.1) is 10.1 Å². The van der Waals surface area contributed by atoms with Gasteiger partial charge in [0.15, 0.2) is 0 Å². The first-order chi connectivity index (χ1) is 14.1. The summed E-state index contributed by atoms with van der Waals surface area (Å²) < 4.78 is 6.29. The number of nitrogens with zero attached hydrogens (tertiary/aromatic N) is 5. The quantitative estimate of drug-likeness (QED) is 0.313. The average molecular weight is 390 g/mol. The Kier molecular flexibility index (Phi) is 4.57. The first kappa shape index (κ1) is 18.0. The topological polar surface area (TPSA) is 125 Å². The predicted molar refractivity (Wildman–Crippen MR) is 104 cm³/mol. The summed E-state index contributed by atoms with van der Waals surface area (Å²) in [6, 6.07) is 13.7. The minimum Gasteiger partial charge on any atom is -0.465 e. The van der Waals surface area contributed by atoms with E-state index in [0.717, 1.165) is 0 Å². The Morgan fingerprint density at radius 2 is 1.86 bits per heavy atom. The first-order valence-corrected chi connectivity index (χ1v) is 8.46. The molecule has 0 spiro atoms. The number of fused-ring (bicyclic) bond motifs is 1. The minimum absolute atomic E-state index is 0.0525. The van der Waals surface area contributed by atoms with Crippen LogP contribution in [-0.2, 0) is 4.74 Å². The van der Waals surface area contributed by atoms with Gasteiger partial charge in [-0.05, 0) is 24.3 Å². The minimum atomic E-state index is -0.578. The molecule has 0 saturated carbocycles. The van der Waals surface area contributed by atoms with Crippen LogP contribution in [0.2, 0.25) is 0 Å². The number of hydrogen-bond acceptors (Lipinski definition) is 8. The van der Waals surface area contributed by atoms with Crippen LogP contribution in [0.15, 0.2) is 61.2 Å². The highest BCUT2D eigenvalue weighted by Gasteiger charge is 2.26. The molecular weight excluding hydrogens is 376 g/mol. The standard InChI is InChI=1S/C19H14N6O4/c1-29-19(26)12-6-2-3-7-13(12)23-17-16(25(27)28)18(21-10-20-17)24-11-22-14-8-4-5-9-15(14)24/h2-11H,1H3,(H,20,21,23). The van der Waals surface area contributed by atoms with E-state index in [9.17, 15) is 14.9 Å². The lowest BCUT2D eigenvalue weighted by Crippen LogP contribution is -2.10. The van der Waals surface area contributed by atoms with Gasteiger partial charge in [0.1, 0.15) is 12.7 Å². The highest BCUT2D eigenvalue weighted by Crippen LogP contribution is 2.32. The number of nitrogens with one attached hydrogen (secondary N) is 1. The molecule has 29 heavy (non-hydrogen) atoms. The van der Waals surface area contributed by atoms with E-state index in [1.807, 2.05) is 6.07 Å². The monoisotopic (exact) mass is 390 g/mol. The highest BCUT2D eigenvalue weighted by atomic mass is 16.6. The van der Waals surface area contributed by atoms with Crippen molar-refractivity contribution in [2.45, 2.75) is 0 Å². The number of nitro groups is 1. The third-order valence-corrected chi connectivity index (χ3v) is 4.25. The molecule has 0 fully saturated rings. The number of imidazole rings is 1. The molecule has 2 aromatic carbocycles. The van der Waals surface area contributed by atoms with Crippen LogP contribution in [0.1, 0.15) is 10.4 Å². The zero-order valence-corrected chi connectivity index (χ0v) is 15.1. The fourth-order valence-corrected chi connectivity index (χ4v) is 2.94. The summed E-state index contributed by atoms with van der Waals surface area (Å²) in [5.41, 5.74) is 1.52. The van der Waals surface area contributed by atoms with Gasteiger partial charge < -0.3 is 10.1 Å². The SMILES string of the molecule is COC(=O)c1ccccc1Nc1ncnc(-n2cnc3ccccc32)c1[N+](=O)[O-]. The Morgan fingerprint density at radius 3 is 2.66 bits per heavy atom. The summed E-state index contributed by atoms with van der Waals surface area (Å²) >= 11 is 0. The number of aromatic nitrogens is 4. The van der Waals surface area contributed by atoms with Crippen LogP contribution in [0.25, 0.3) is 16.9 Å². The average Bonchev–Trinajstić information content (AvgIpc) is 3.17. The van der Waals surface area contributed by atoms with Crippen molar-refractivity contribution in [1.82, 2.24) is 19.5 Å². The maximum atomic E-state index is 12.0. The summed E-state index contributed by atoms with van der Waals surface area (Å²) in [6.45, 7) is 0. The number of methoxy groups -OCH3 is 1. The Hall–Kier alpha value is -4.34. The second-order valence-corrected chi connectivity index (χ2v) is 5.92. The van der Waals surface area contributed by atoms with E-state index >= 15 is 0 Å². The first-order valence-electron chi connectivity index (χ1n) is 8.46. The maximum absolute atomic E-state index is 12.0. The van der Waals surface area contributed by atoms with Crippen LogP contribution < -0.4 is 5.32 Å². The normalized spacial score (nSPS) is 10.7. The number of esters is 1. The number of hydrogen-bond donors (Lipinski definition) is 1. The van der Waals surface area contributed by atoms with E-state index in [4.69, 9.17) is 4.74 Å². The summed E-state index contributed by atoms with van der Waals surface area (Å²) in [6.07, 6.45) is 2.67. The summed E-state index contributed by atoms with van der Waals surface area (Å²) in [4.78, 5) is 35.7. The number of benzene rings is 2. The molecule has 2 heterocycles. The van der Waals surface area contributed by atoms with Gasteiger partial charge in [-0.2, -0.15) is 0 Å². The lowest BCUT2D eigenvalue weighted by atomic mass is 10.2. The smallest absolute Gasteiger partial charge is 0.354 e. The Balaban J connectivity index is 1.86. The molecule has 0 radical (unpaired) electrons. The van der Waals surface area contributed by atoms with Gasteiger partial charge in [0.05, 0.1) is 34.3 Å². The van der Waals surface area contributed by atoms with Crippen molar-refractivity contribution >= 4 is 34.2 Å². The molecular formula is C19H14N6O4. The van der Waals surface area contributed by atoms with Gasteiger partial charge in [-0.25, -0.2) is 19.7 Å². The van der Waals surface area contributed by atoms with Crippen LogP contribution in [0.4, 0.5) is 17.2 Å². The molecule has 4 rings (SSSR count). The van der Waals surface area contributed by atoms with E-state index in [0.29, 0.717) is 16.7 Å². The molecule has 0 aliphatic rings. The molecule has 1 N–H and O–H groups in total. The van der Waals surface area contributed by atoms with Gasteiger partial charge in [0.25, 0.3) is 0 Å². The molecule has 0 aliphatic heterocycles. The van der Waals surface area contributed by atoms with Gasteiger partial charge in [0, 0.05) is 0 Å². The van der Waals surface area contributed by atoms with E-state index in [-0.39, 0.29) is 22.9 Å². The summed E-state index contributed by atoms with van der Waals surface area (Å²) in [7, 11) is 1.26. The van der Waals surface area contributed by atoms with Crippen LogP contribution >= 0.6 is 0 Å². The molecule has 0 atom stereocenters. The lowest BCUT2D eigenvalue weighted by molar-refractivity contribution is -0.384. The molecule has 0 bridgehead atoms. The van der Waals surface area contributed by atoms with Crippen molar-refractivity contribution in [2.24, 2.45) is 0 Å². The molecule has 0 aliphatic carbocycles. The van der Waals surface area contributed by atoms with Crippen LogP contribution in [0.5, 0.6) is 0 Å².